The lowest BCUT2D eigenvalue weighted by atomic mass is 9.88. The van der Waals surface area contributed by atoms with Crippen LogP contribution in [-0.2, 0) is 15.3 Å². The first kappa shape index (κ1) is 29.6. The van der Waals surface area contributed by atoms with E-state index < -0.39 is 55.9 Å². The molecule has 0 radical (unpaired) electrons. The molecule has 2 aromatic heterocycles. The van der Waals surface area contributed by atoms with Crippen LogP contribution in [0.5, 0.6) is 5.75 Å². The van der Waals surface area contributed by atoms with Crippen molar-refractivity contribution in [3.63, 3.8) is 0 Å². The topological polar surface area (TPSA) is 132 Å². The third kappa shape index (κ3) is 5.22. The van der Waals surface area contributed by atoms with E-state index >= 15 is 4.39 Å². The predicted molar refractivity (Wildman–Crippen MR) is 139 cm³/mol. The second-order valence-corrected chi connectivity index (χ2v) is 13.3. The summed E-state index contributed by atoms with van der Waals surface area (Å²) in [6, 6.07) is 4.56. The summed E-state index contributed by atoms with van der Waals surface area (Å²) in [5.74, 6) is -6.10. The van der Waals surface area contributed by atoms with Crippen molar-refractivity contribution >= 4 is 27.3 Å². The highest BCUT2D eigenvalue weighted by atomic mass is 32.2. The first-order valence-electron chi connectivity index (χ1n) is 12.4. The van der Waals surface area contributed by atoms with Crippen LogP contribution in [0.3, 0.4) is 0 Å². The third-order valence-electron chi connectivity index (χ3n) is 7.16. The summed E-state index contributed by atoms with van der Waals surface area (Å²) in [5.41, 5.74) is 4.50. The number of fused-ring (bicyclic) bond motifs is 1. The molecule has 9 nitrogen and oxygen atoms in total. The molecule has 40 heavy (non-hydrogen) atoms. The molecule has 0 spiro atoms. The maximum Gasteiger partial charge on any atom is 0.340 e. The lowest BCUT2D eigenvalue weighted by Crippen LogP contribution is -2.59. The second-order valence-electron chi connectivity index (χ2n) is 10.3. The maximum atomic E-state index is 15.3. The normalized spacial score (nSPS) is 26.2. The Morgan fingerprint density at radius 3 is 2.60 bits per heavy atom. The Morgan fingerprint density at radius 1 is 1.23 bits per heavy atom. The van der Waals surface area contributed by atoms with Gasteiger partial charge < -0.3 is 15.8 Å². The number of nitrogens with one attached hydrogen (secondary N) is 1. The number of aromatic nitrogens is 2. The molecular formula is C25H29F5N6O3S. The average molecular weight is 589 g/mol. The zero-order valence-corrected chi connectivity index (χ0v) is 22.8. The number of amidine groups is 1. The van der Waals surface area contributed by atoms with Crippen LogP contribution >= 0.6 is 0 Å². The van der Waals surface area contributed by atoms with Crippen molar-refractivity contribution < 1.29 is 35.7 Å². The molecule has 0 unspecified atom stereocenters. The highest BCUT2D eigenvalue weighted by molar-refractivity contribution is 7.96. The smallest absolute Gasteiger partial charge is 0.340 e. The quantitative estimate of drug-likeness (QED) is 0.457. The summed E-state index contributed by atoms with van der Waals surface area (Å²) >= 11 is 0. The fourth-order valence-corrected chi connectivity index (χ4v) is 7.93. The number of carbonyl (C=O) groups is 1. The Balaban J connectivity index is 1.60. The van der Waals surface area contributed by atoms with Crippen LogP contribution in [-0.4, -0.2) is 61.4 Å². The average Bonchev–Trinajstić information content (AvgIpc) is 3.11. The van der Waals surface area contributed by atoms with Gasteiger partial charge in [0.05, 0.1) is 21.2 Å². The first-order chi connectivity index (χ1) is 18.6. The molecule has 0 aromatic carbocycles. The van der Waals surface area contributed by atoms with Crippen LogP contribution in [0.25, 0.3) is 0 Å². The van der Waals surface area contributed by atoms with E-state index in [2.05, 4.69) is 29.4 Å². The third-order valence-corrected chi connectivity index (χ3v) is 10.9. The Hall–Kier alpha value is -3.36. The number of nitrogens with zero attached hydrogens (tertiary/aromatic N) is 4. The Kier molecular flexibility index (Phi) is 7.82. The number of halogens is 5. The summed E-state index contributed by atoms with van der Waals surface area (Å²) in [6.07, 6.45) is -1.09. The number of ether oxygens (including phenoxy) is 1. The van der Waals surface area contributed by atoms with Crippen molar-refractivity contribution in [2.45, 2.75) is 67.9 Å². The lowest BCUT2D eigenvalue weighted by Gasteiger charge is -2.45. The molecule has 2 aliphatic rings. The summed E-state index contributed by atoms with van der Waals surface area (Å²) in [5, 5.41) is 1.79. The molecule has 218 valence electrons. The highest BCUT2D eigenvalue weighted by Gasteiger charge is 2.56. The minimum absolute atomic E-state index is 0.0583. The molecule has 2 aliphatic heterocycles. The van der Waals surface area contributed by atoms with Crippen LogP contribution in [0.1, 0.15) is 56.2 Å². The monoisotopic (exact) mass is 588 g/mol. The molecule has 3 N–H and O–H groups in total. The van der Waals surface area contributed by atoms with Gasteiger partial charge in [-0.25, -0.2) is 31.7 Å². The van der Waals surface area contributed by atoms with E-state index in [-0.39, 0.29) is 28.8 Å². The summed E-state index contributed by atoms with van der Waals surface area (Å²) < 4.78 is 88.5. The SMILES string of the molecule is CC1(C)C(N)=N[C@](C)(c2nc(NC(=O)c3ccc(OCC(F)(F)C(F)F)cn3)ccc2F)[C@@H]2CCCCN=[S@]21=O. The standard InChI is InChI=1S/C25H29F5N6O3S/c1-23(2)22(31)36-24(3,17-6-4-5-11-33-40(17,23)38)19-15(26)8-10-18(34-19)35-20(37)16-9-7-14(12-32-16)39-13-25(29,30)21(27)28/h7-10,12,17,21H,4-6,11,13H2,1-3H3,(H2,31,36)(H,34,35,37)/t17-,24-,40-/m0/s1. The van der Waals surface area contributed by atoms with Gasteiger partial charge >= 0.3 is 12.3 Å². The number of aliphatic imine (C=N–C) groups is 1. The van der Waals surface area contributed by atoms with Crippen molar-refractivity contribution in [1.82, 2.24) is 9.97 Å². The molecule has 3 atom stereocenters. The van der Waals surface area contributed by atoms with Crippen LogP contribution < -0.4 is 15.8 Å². The van der Waals surface area contributed by atoms with E-state index in [0.29, 0.717) is 19.4 Å². The maximum absolute atomic E-state index is 15.3. The second kappa shape index (κ2) is 10.6. The van der Waals surface area contributed by atoms with Gasteiger partial charge in [-0.15, -0.1) is 0 Å². The number of alkyl halides is 4. The molecule has 0 saturated heterocycles. The summed E-state index contributed by atoms with van der Waals surface area (Å²) in [6.45, 7) is 3.85. The van der Waals surface area contributed by atoms with Gasteiger partial charge in [0.1, 0.15) is 44.9 Å². The zero-order chi connectivity index (χ0) is 29.5. The Morgan fingerprint density at radius 2 is 1.95 bits per heavy atom. The predicted octanol–water partition coefficient (Wildman–Crippen LogP) is 4.53. The van der Waals surface area contributed by atoms with Crippen molar-refractivity contribution in [2.24, 2.45) is 15.1 Å². The van der Waals surface area contributed by atoms with Gasteiger partial charge in [0.2, 0.25) is 0 Å². The van der Waals surface area contributed by atoms with E-state index in [1.165, 1.54) is 6.07 Å². The van der Waals surface area contributed by atoms with Crippen LogP contribution in [0.4, 0.5) is 27.8 Å². The number of anilines is 1. The highest BCUT2D eigenvalue weighted by Crippen LogP contribution is 2.46. The van der Waals surface area contributed by atoms with E-state index in [1.54, 1.807) is 20.8 Å². The number of rotatable bonds is 7. The minimum atomic E-state index is -4.35. The van der Waals surface area contributed by atoms with Crippen LogP contribution in [0, 0.1) is 5.82 Å². The van der Waals surface area contributed by atoms with Gasteiger partial charge in [-0.05, 0) is 57.9 Å². The fraction of sp³-hybridized carbons (Fsp3) is 0.520. The number of amides is 1. The van der Waals surface area contributed by atoms with Gasteiger partial charge in [-0.2, -0.15) is 8.78 Å². The minimum Gasteiger partial charge on any atom is -0.485 e. The first-order valence-corrected chi connectivity index (χ1v) is 14.0. The molecule has 0 fully saturated rings. The number of pyridine rings is 2. The van der Waals surface area contributed by atoms with Gasteiger partial charge in [-0.1, -0.05) is 6.42 Å². The lowest BCUT2D eigenvalue weighted by molar-refractivity contribution is -0.148. The largest absolute Gasteiger partial charge is 0.485 e. The van der Waals surface area contributed by atoms with Crippen LogP contribution in [0.2, 0.25) is 0 Å². The summed E-state index contributed by atoms with van der Waals surface area (Å²) in [4.78, 5) is 25.5. The van der Waals surface area contributed by atoms with Crippen molar-refractivity contribution in [3.05, 3.63) is 47.7 Å². The zero-order valence-electron chi connectivity index (χ0n) is 22.0. The Labute approximate surface area is 228 Å². The van der Waals surface area contributed by atoms with Crippen molar-refractivity contribution in [3.8, 4) is 5.75 Å². The van der Waals surface area contributed by atoms with E-state index in [0.717, 1.165) is 30.8 Å². The molecule has 4 rings (SSSR count). The molecule has 1 amide bonds. The van der Waals surface area contributed by atoms with E-state index in [1.807, 2.05) is 0 Å². The molecule has 4 heterocycles. The molecule has 0 aliphatic carbocycles. The number of hydrogen-bond donors (Lipinski definition) is 2. The Bertz CT molecular complexity index is 1440. The molecule has 2 aromatic rings. The van der Waals surface area contributed by atoms with Gasteiger partial charge in [0.15, 0.2) is 6.61 Å². The van der Waals surface area contributed by atoms with Crippen molar-refractivity contribution in [2.75, 3.05) is 18.5 Å². The van der Waals surface area contributed by atoms with Crippen LogP contribution in [0.15, 0.2) is 39.8 Å². The fourth-order valence-electron chi connectivity index (χ4n) is 4.70. The molecule has 15 heteroatoms. The molecule has 0 saturated carbocycles. The van der Waals surface area contributed by atoms with Gasteiger partial charge in [-0.3, -0.25) is 9.79 Å². The molecular weight excluding hydrogens is 559 g/mol. The van der Waals surface area contributed by atoms with E-state index in [4.69, 9.17) is 5.73 Å². The summed E-state index contributed by atoms with van der Waals surface area (Å²) in [7, 11) is -3.01. The number of carbonyl (C=O) groups excluding carboxylic acids is 1. The number of nitrogens with two attached hydrogens (primary N) is 1. The van der Waals surface area contributed by atoms with Crippen molar-refractivity contribution in [1.29, 1.82) is 0 Å². The van der Waals surface area contributed by atoms with E-state index in [9.17, 15) is 26.6 Å². The number of hydrogen-bond acceptors (Lipinski definition) is 8. The van der Waals surface area contributed by atoms with Gasteiger partial charge in [0, 0.05) is 6.54 Å². The molecule has 0 bridgehead atoms. The van der Waals surface area contributed by atoms with Gasteiger partial charge in [0.25, 0.3) is 5.91 Å².